The quantitative estimate of drug-likeness (QED) is 0.650. The van der Waals surface area contributed by atoms with E-state index in [1.807, 2.05) is 24.3 Å². The van der Waals surface area contributed by atoms with E-state index in [0.717, 1.165) is 36.6 Å². The van der Waals surface area contributed by atoms with Gasteiger partial charge in [0.15, 0.2) is 0 Å². The predicted octanol–water partition coefficient (Wildman–Crippen LogP) is 3.32. The summed E-state index contributed by atoms with van der Waals surface area (Å²) in [5.74, 6) is 0.740. The molecule has 4 nitrogen and oxygen atoms in total. The molecule has 1 amide bonds. The van der Waals surface area contributed by atoms with Crippen molar-refractivity contribution in [2.45, 2.75) is 46.1 Å². The smallest absolute Gasteiger partial charge is 0.224 e. The van der Waals surface area contributed by atoms with Gasteiger partial charge in [0.25, 0.3) is 0 Å². The summed E-state index contributed by atoms with van der Waals surface area (Å²) in [6, 6.07) is 7.62. The van der Waals surface area contributed by atoms with Crippen molar-refractivity contribution in [2.24, 2.45) is 11.7 Å². The lowest BCUT2D eigenvalue weighted by molar-refractivity contribution is -0.116. The summed E-state index contributed by atoms with van der Waals surface area (Å²) >= 11 is 0. The maximum atomic E-state index is 11.9. The number of carbonyl (C=O) groups is 1. The summed E-state index contributed by atoms with van der Waals surface area (Å²) in [4.78, 5) is 11.9. The molecular weight excluding hydrogens is 264 g/mol. The van der Waals surface area contributed by atoms with Crippen molar-refractivity contribution in [3.63, 3.8) is 0 Å². The topological polar surface area (TPSA) is 64.3 Å². The van der Waals surface area contributed by atoms with E-state index in [4.69, 9.17) is 10.5 Å². The fourth-order valence-corrected chi connectivity index (χ4v) is 2.06. The predicted molar refractivity (Wildman–Crippen MR) is 87.1 cm³/mol. The van der Waals surface area contributed by atoms with E-state index in [1.54, 1.807) is 0 Å². The first-order valence-electron chi connectivity index (χ1n) is 7.79. The fourth-order valence-electron chi connectivity index (χ4n) is 2.06. The molecule has 0 saturated heterocycles. The van der Waals surface area contributed by atoms with Crippen LogP contribution in [0.2, 0.25) is 0 Å². The zero-order valence-electron chi connectivity index (χ0n) is 13.2. The van der Waals surface area contributed by atoms with Crippen LogP contribution in [0.1, 0.15) is 45.1 Å². The zero-order chi connectivity index (χ0) is 15.5. The molecule has 0 atom stereocenters. The molecule has 3 N–H and O–H groups in total. The van der Waals surface area contributed by atoms with Gasteiger partial charge in [-0.25, -0.2) is 0 Å². The van der Waals surface area contributed by atoms with Crippen LogP contribution in [-0.4, -0.2) is 19.1 Å². The zero-order valence-corrected chi connectivity index (χ0v) is 13.2. The van der Waals surface area contributed by atoms with Gasteiger partial charge in [0, 0.05) is 31.9 Å². The van der Waals surface area contributed by atoms with Crippen molar-refractivity contribution in [1.82, 2.24) is 0 Å². The lowest BCUT2D eigenvalue weighted by Crippen LogP contribution is -2.14. The monoisotopic (exact) mass is 292 g/mol. The number of rotatable bonds is 10. The highest BCUT2D eigenvalue weighted by Crippen LogP contribution is 2.14. The van der Waals surface area contributed by atoms with Gasteiger partial charge in [-0.2, -0.15) is 0 Å². The number of anilines is 1. The molecule has 0 spiro atoms. The van der Waals surface area contributed by atoms with Gasteiger partial charge < -0.3 is 15.8 Å². The van der Waals surface area contributed by atoms with Crippen molar-refractivity contribution in [1.29, 1.82) is 0 Å². The van der Waals surface area contributed by atoms with Gasteiger partial charge in [-0.05, 0) is 36.8 Å². The molecule has 1 rings (SSSR count). The number of benzene rings is 1. The average molecular weight is 292 g/mol. The Hall–Kier alpha value is -1.39. The second kappa shape index (κ2) is 10.4. The Bertz CT molecular complexity index is 419. The molecule has 21 heavy (non-hydrogen) atoms. The van der Waals surface area contributed by atoms with E-state index in [9.17, 15) is 4.79 Å². The second-order valence-corrected chi connectivity index (χ2v) is 5.66. The number of carbonyl (C=O) groups excluding carboxylic acids is 1. The highest BCUT2D eigenvalue weighted by molar-refractivity contribution is 5.91. The van der Waals surface area contributed by atoms with Crippen molar-refractivity contribution in [2.75, 3.05) is 18.5 Å². The Morgan fingerprint density at radius 2 is 1.95 bits per heavy atom. The summed E-state index contributed by atoms with van der Waals surface area (Å²) < 4.78 is 5.53. The molecule has 4 heteroatoms. The van der Waals surface area contributed by atoms with Crippen LogP contribution in [0.15, 0.2) is 24.3 Å². The highest BCUT2D eigenvalue weighted by atomic mass is 16.5. The van der Waals surface area contributed by atoms with Crippen LogP contribution in [0.5, 0.6) is 0 Å². The van der Waals surface area contributed by atoms with Gasteiger partial charge in [0.1, 0.15) is 0 Å². The first-order valence-corrected chi connectivity index (χ1v) is 7.79. The maximum absolute atomic E-state index is 11.9. The van der Waals surface area contributed by atoms with Crippen molar-refractivity contribution in [3.05, 3.63) is 29.8 Å². The summed E-state index contributed by atoms with van der Waals surface area (Å²) in [6.07, 6.45) is 3.51. The molecule has 0 saturated carbocycles. The Balaban J connectivity index is 2.14. The third-order valence-electron chi connectivity index (χ3n) is 3.27. The SMILES string of the molecule is CC(C)CCCOCCCC(=O)Nc1ccccc1CN. The number of para-hydroxylation sites is 1. The molecule has 0 radical (unpaired) electrons. The van der Waals surface area contributed by atoms with E-state index in [-0.39, 0.29) is 5.91 Å². The standard InChI is InChI=1S/C17H28N2O2/c1-14(2)7-5-11-21-12-6-10-17(20)19-16-9-4-3-8-15(16)13-18/h3-4,8-9,14H,5-7,10-13,18H2,1-2H3,(H,19,20). The minimum atomic E-state index is 0.0154. The van der Waals surface area contributed by atoms with Crippen LogP contribution < -0.4 is 11.1 Å². The van der Waals surface area contributed by atoms with Crippen molar-refractivity contribution in [3.8, 4) is 0 Å². The van der Waals surface area contributed by atoms with E-state index >= 15 is 0 Å². The van der Waals surface area contributed by atoms with Crippen LogP contribution >= 0.6 is 0 Å². The summed E-state index contributed by atoms with van der Waals surface area (Å²) in [5.41, 5.74) is 7.41. The third-order valence-corrected chi connectivity index (χ3v) is 3.27. The molecule has 0 aliphatic carbocycles. The Kier molecular flexibility index (Phi) is 8.71. The Morgan fingerprint density at radius 3 is 2.67 bits per heavy atom. The van der Waals surface area contributed by atoms with Crippen LogP contribution in [0.3, 0.4) is 0 Å². The van der Waals surface area contributed by atoms with Crippen LogP contribution in [0.4, 0.5) is 5.69 Å². The minimum Gasteiger partial charge on any atom is -0.381 e. The van der Waals surface area contributed by atoms with Gasteiger partial charge in [-0.1, -0.05) is 32.0 Å². The third kappa shape index (κ3) is 7.83. The Labute approximate surface area is 128 Å². The lowest BCUT2D eigenvalue weighted by Gasteiger charge is -2.10. The summed E-state index contributed by atoms with van der Waals surface area (Å²) in [7, 11) is 0. The first-order chi connectivity index (χ1) is 10.1. The number of amides is 1. The molecule has 0 aliphatic rings. The molecule has 0 aromatic heterocycles. The molecule has 0 fully saturated rings. The number of nitrogens with one attached hydrogen (secondary N) is 1. The van der Waals surface area contributed by atoms with E-state index in [0.29, 0.717) is 19.6 Å². The van der Waals surface area contributed by atoms with Crippen molar-refractivity contribution >= 4 is 11.6 Å². The number of hydrogen-bond acceptors (Lipinski definition) is 3. The number of hydrogen-bond donors (Lipinski definition) is 2. The molecule has 0 bridgehead atoms. The summed E-state index contributed by atoms with van der Waals surface area (Å²) in [5, 5.41) is 2.90. The normalized spacial score (nSPS) is 10.9. The number of ether oxygens (including phenoxy) is 1. The first kappa shape index (κ1) is 17.7. The molecule has 0 heterocycles. The van der Waals surface area contributed by atoms with E-state index in [1.165, 1.54) is 6.42 Å². The lowest BCUT2D eigenvalue weighted by atomic mass is 10.1. The van der Waals surface area contributed by atoms with Gasteiger partial charge in [-0.15, -0.1) is 0 Å². The van der Waals surface area contributed by atoms with E-state index < -0.39 is 0 Å². The molecule has 0 unspecified atom stereocenters. The van der Waals surface area contributed by atoms with Gasteiger partial charge in [0.05, 0.1) is 0 Å². The van der Waals surface area contributed by atoms with Gasteiger partial charge in [0.2, 0.25) is 5.91 Å². The molecule has 118 valence electrons. The van der Waals surface area contributed by atoms with Crippen LogP contribution in [-0.2, 0) is 16.1 Å². The Morgan fingerprint density at radius 1 is 1.24 bits per heavy atom. The molecule has 1 aromatic carbocycles. The van der Waals surface area contributed by atoms with Gasteiger partial charge in [-0.3, -0.25) is 4.79 Å². The second-order valence-electron chi connectivity index (χ2n) is 5.66. The highest BCUT2D eigenvalue weighted by Gasteiger charge is 2.05. The minimum absolute atomic E-state index is 0.0154. The van der Waals surface area contributed by atoms with Crippen molar-refractivity contribution < 1.29 is 9.53 Å². The van der Waals surface area contributed by atoms with Crippen LogP contribution in [0, 0.1) is 5.92 Å². The largest absolute Gasteiger partial charge is 0.381 e. The molecule has 1 aromatic rings. The molecular formula is C17H28N2O2. The number of nitrogens with two attached hydrogens (primary N) is 1. The van der Waals surface area contributed by atoms with E-state index in [2.05, 4.69) is 19.2 Å². The van der Waals surface area contributed by atoms with Crippen LogP contribution in [0.25, 0.3) is 0 Å². The summed E-state index contributed by atoms with van der Waals surface area (Å²) in [6.45, 7) is 6.28. The fraction of sp³-hybridized carbons (Fsp3) is 0.588. The van der Waals surface area contributed by atoms with Gasteiger partial charge >= 0.3 is 0 Å². The molecule has 0 aliphatic heterocycles. The maximum Gasteiger partial charge on any atom is 0.224 e. The average Bonchev–Trinajstić information content (AvgIpc) is 2.46.